The second kappa shape index (κ2) is 3.95. The fourth-order valence-corrected chi connectivity index (χ4v) is 2.55. The number of nitrogens with one attached hydrogen (secondary N) is 1. The minimum Gasteiger partial charge on any atom is -0.488 e. The third kappa shape index (κ3) is 1.84. The number of carbonyl (C=O) groups excluding carboxylic acids is 1. The van der Waals surface area contributed by atoms with Crippen LogP contribution < -0.4 is 15.8 Å². The number of nitrogens with two attached hydrogens (primary N) is 1. The number of amides is 1. The third-order valence-electron chi connectivity index (χ3n) is 3.52. The number of rotatable bonds is 2. The smallest absolute Gasteiger partial charge is 0.251 e. The Labute approximate surface area is 100 Å². The van der Waals surface area contributed by atoms with Gasteiger partial charge < -0.3 is 15.8 Å². The van der Waals surface area contributed by atoms with Crippen molar-refractivity contribution in [1.82, 2.24) is 5.32 Å². The highest BCUT2D eigenvalue weighted by atomic mass is 16.5. The maximum atomic E-state index is 11.5. The average Bonchev–Trinajstić information content (AvgIpc) is 2.92. The quantitative estimate of drug-likeness (QED) is 0.765. The van der Waals surface area contributed by atoms with Gasteiger partial charge in [0.05, 0.1) is 11.8 Å². The number of anilines is 1. The van der Waals surface area contributed by atoms with Gasteiger partial charge in [-0.05, 0) is 43.4 Å². The van der Waals surface area contributed by atoms with Crippen molar-refractivity contribution in [3.05, 3.63) is 23.3 Å². The van der Waals surface area contributed by atoms with E-state index in [0.717, 1.165) is 24.2 Å². The van der Waals surface area contributed by atoms with Gasteiger partial charge in [-0.15, -0.1) is 0 Å². The van der Waals surface area contributed by atoms with Crippen molar-refractivity contribution in [3.8, 4) is 5.75 Å². The molecule has 4 nitrogen and oxygen atoms in total. The van der Waals surface area contributed by atoms with Crippen molar-refractivity contribution in [3.63, 3.8) is 0 Å². The fraction of sp³-hybridized carbons (Fsp3) is 0.462. The lowest BCUT2D eigenvalue weighted by atomic mass is 10.1. The molecule has 1 aromatic rings. The minimum atomic E-state index is -0.0425. The number of nitrogen functional groups attached to an aromatic ring is 1. The van der Waals surface area contributed by atoms with Crippen molar-refractivity contribution < 1.29 is 9.53 Å². The van der Waals surface area contributed by atoms with E-state index in [9.17, 15) is 4.79 Å². The lowest BCUT2D eigenvalue weighted by Gasteiger charge is -2.15. The predicted molar refractivity (Wildman–Crippen MR) is 64.9 cm³/mol. The van der Waals surface area contributed by atoms with Crippen molar-refractivity contribution in [2.75, 3.05) is 5.73 Å². The number of benzene rings is 1. The number of hydrogen-bond donors (Lipinski definition) is 2. The van der Waals surface area contributed by atoms with Crippen molar-refractivity contribution in [2.45, 2.75) is 38.3 Å². The summed E-state index contributed by atoms with van der Waals surface area (Å²) in [6.45, 7) is 0.579. The number of hydrogen-bond acceptors (Lipinski definition) is 3. The summed E-state index contributed by atoms with van der Waals surface area (Å²) in [6.07, 6.45) is 4.97. The maximum Gasteiger partial charge on any atom is 0.251 e. The van der Waals surface area contributed by atoms with Crippen LogP contribution in [0.15, 0.2) is 12.1 Å². The molecular formula is C13H16N2O2. The number of fused-ring (bicyclic) bond motifs is 1. The van der Waals surface area contributed by atoms with Crippen molar-refractivity contribution in [1.29, 1.82) is 0 Å². The fourth-order valence-electron chi connectivity index (χ4n) is 2.55. The van der Waals surface area contributed by atoms with Gasteiger partial charge >= 0.3 is 0 Å². The molecule has 1 saturated carbocycles. The normalized spacial score (nSPS) is 19.2. The predicted octanol–water partition coefficient (Wildman–Crippen LogP) is 1.83. The Morgan fingerprint density at radius 2 is 2.06 bits per heavy atom. The van der Waals surface area contributed by atoms with E-state index in [4.69, 9.17) is 10.5 Å². The Kier molecular flexibility index (Phi) is 2.42. The van der Waals surface area contributed by atoms with Gasteiger partial charge in [0, 0.05) is 12.1 Å². The van der Waals surface area contributed by atoms with Gasteiger partial charge in [0.15, 0.2) is 0 Å². The zero-order chi connectivity index (χ0) is 11.8. The topological polar surface area (TPSA) is 64.3 Å². The van der Waals surface area contributed by atoms with Crippen LogP contribution in [0.25, 0.3) is 0 Å². The molecule has 1 aromatic carbocycles. The molecule has 0 spiro atoms. The summed E-state index contributed by atoms with van der Waals surface area (Å²) in [6, 6.07) is 3.63. The molecule has 0 unspecified atom stereocenters. The van der Waals surface area contributed by atoms with Crippen molar-refractivity contribution in [2.24, 2.45) is 0 Å². The van der Waals surface area contributed by atoms with Crippen LogP contribution in [0.2, 0.25) is 0 Å². The summed E-state index contributed by atoms with van der Waals surface area (Å²) in [7, 11) is 0. The van der Waals surface area contributed by atoms with E-state index in [1.165, 1.54) is 12.8 Å². The van der Waals surface area contributed by atoms with Gasteiger partial charge in [0.2, 0.25) is 0 Å². The lowest BCUT2D eigenvalue weighted by Crippen LogP contribution is -2.13. The van der Waals surface area contributed by atoms with Gasteiger partial charge in [-0.3, -0.25) is 4.79 Å². The highest BCUT2D eigenvalue weighted by Gasteiger charge is 2.23. The molecule has 0 aromatic heterocycles. The first-order valence-electron chi connectivity index (χ1n) is 6.11. The second-order valence-corrected chi connectivity index (χ2v) is 4.75. The Balaban J connectivity index is 1.87. The van der Waals surface area contributed by atoms with E-state index in [0.29, 0.717) is 23.9 Å². The summed E-state index contributed by atoms with van der Waals surface area (Å²) in [5, 5.41) is 2.78. The molecule has 4 heteroatoms. The molecule has 3 rings (SSSR count). The highest BCUT2D eigenvalue weighted by molar-refractivity contribution is 5.99. The zero-order valence-corrected chi connectivity index (χ0v) is 9.66. The summed E-state index contributed by atoms with van der Waals surface area (Å²) in [5.74, 6) is 0.686. The molecule has 2 aliphatic rings. The van der Waals surface area contributed by atoms with Gasteiger partial charge in [-0.2, -0.15) is 0 Å². The maximum absolute atomic E-state index is 11.5. The molecule has 1 fully saturated rings. The monoisotopic (exact) mass is 232 g/mol. The standard InChI is InChI=1S/C13H16N2O2/c14-11-6-10-8(7-15-13(10)16)5-12(11)17-9-3-1-2-4-9/h5-6,9H,1-4,7,14H2,(H,15,16). The SMILES string of the molecule is Nc1cc2c(cc1OC1CCCC1)CNC2=O. The summed E-state index contributed by atoms with van der Waals surface area (Å²) in [4.78, 5) is 11.5. The Hall–Kier alpha value is -1.71. The van der Waals surface area contributed by atoms with Gasteiger partial charge in [0.25, 0.3) is 5.91 Å². The van der Waals surface area contributed by atoms with Crippen LogP contribution in [0.1, 0.15) is 41.6 Å². The summed E-state index contributed by atoms with van der Waals surface area (Å²) < 4.78 is 5.90. The van der Waals surface area contributed by atoms with Crippen LogP contribution in [0.3, 0.4) is 0 Å². The highest BCUT2D eigenvalue weighted by Crippen LogP contribution is 2.32. The molecule has 1 aliphatic carbocycles. The molecule has 0 atom stereocenters. The molecule has 0 radical (unpaired) electrons. The first kappa shape index (κ1) is 10.4. The van der Waals surface area contributed by atoms with Crippen LogP contribution in [-0.2, 0) is 6.54 Å². The van der Waals surface area contributed by atoms with E-state index in [2.05, 4.69) is 5.32 Å². The number of ether oxygens (including phenoxy) is 1. The summed E-state index contributed by atoms with van der Waals surface area (Å²) in [5.41, 5.74) is 8.16. The largest absolute Gasteiger partial charge is 0.488 e. The van der Waals surface area contributed by atoms with E-state index >= 15 is 0 Å². The molecule has 1 amide bonds. The lowest BCUT2D eigenvalue weighted by molar-refractivity contribution is 0.0966. The van der Waals surface area contributed by atoms with Crippen LogP contribution in [0.5, 0.6) is 5.75 Å². The van der Waals surface area contributed by atoms with Crippen LogP contribution in [-0.4, -0.2) is 12.0 Å². The molecule has 1 aliphatic heterocycles. The molecule has 1 heterocycles. The van der Waals surface area contributed by atoms with Crippen LogP contribution in [0, 0.1) is 0 Å². The van der Waals surface area contributed by atoms with E-state index in [1.54, 1.807) is 6.07 Å². The van der Waals surface area contributed by atoms with E-state index < -0.39 is 0 Å². The molecule has 3 N–H and O–H groups in total. The van der Waals surface area contributed by atoms with Gasteiger partial charge in [-0.1, -0.05) is 0 Å². The average molecular weight is 232 g/mol. The Bertz CT molecular complexity index is 465. The van der Waals surface area contributed by atoms with Crippen LogP contribution in [0.4, 0.5) is 5.69 Å². The first-order valence-corrected chi connectivity index (χ1v) is 6.11. The molecule has 0 bridgehead atoms. The van der Waals surface area contributed by atoms with E-state index in [-0.39, 0.29) is 5.91 Å². The molecule has 0 saturated heterocycles. The van der Waals surface area contributed by atoms with Gasteiger partial charge in [0.1, 0.15) is 5.75 Å². The molecular weight excluding hydrogens is 216 g/mol. The van der Waals surface area contributed by atoms with Gasteiger partial charge in [-0.25, -0.2) is 0 Å². The molecule has 90 valence electrons. The Morgan fingerprint density at radius 3 is 2.82 bits per heavy atom. The van der Waals surface area contributed by atoms with Crippen molar-refractivity contribution >= 4 is 11.6 Å². The minimum absolute atomic E-state index is 0.0425. The van der Waals surface area contributed by atoms with E-state index in [1.807, 2.05) is 6.07 Å². The van der Waals surface area contributed by atoms with Crippen LogP contribution >= 0.6 is 0 Å². The number of carbonyl (C=O) groups is 1. The summed E-state index contributed by atoms with van der Waals surface area (Å²) >= 11 is 0. The molecule has 17 heavy (non-hydrogen) atoms. The third-order valence-corrected chi connectivity index (χ3v) is 3.52. The zero-order valence-electron chi connectivity index (χ0n) is 9.66. The first-order chi connectivity index (χ1) is 8.24. The second-order valence-electron chi connectivity index (χ2n) is 4.75. The Morgan fingerprint density at radius 1 is 1.29 bits per heavy atom.